The van der Waals surface area contributed by atoms with Crippen LogP contribution in [0, 0.1) is 13.8 Å². The molecule has 30 heavy (non-hydrogen) atoms. The summed E-state index contributed by atoms with van der Waals surface area (Å²) in [5.74, 6) is 0. The maximum atomic E-state index is 5.50. The molecule has 0 aliphatic heterocycles. The van der Waals surface area contributed by atoms with Crippen LogP contribution in [-0.4, -0.2) is 35.1 Å². The highest BCUT2D eigenvalue weighted by Gasteiger charge is 2.10. The second-order valence-corrected chi connectivity index (χ2v) is 7.55. The minimum Gasteiger partial charge on any atom is -0.396 e. The number of oxime groups is 1. The molecule has 0 amide bonds. The van der Waals surface area contributed by atoms with Gasteiger partial charge in [0.05, 0.1) is 17.1 Å². The first-order valence-corrected chi connectivity index (χ1v) is 10.5. The molecule has 0 unspecified atom stereocenters. The molecule has 0 spiro atoms. The van der Waals surface area contributed by atoms with E-state index in [-0.39, 0.29) is 0 Å². The summed E-state index contributed by atoms with van der Waals surface area (Å²) in [6, 6.07) is 14.2. The first-order valence-electron chi connectivity index (χ1n) is 10.5. The molecular formula is C24H29BN4O. The molecular weight excluding hydrogens is 371 g/mol. The molecule has 3 aromatic heterocycles. The zero-order valence-electron chi connectivity index (χ0n) is 18.6. The Morgan fingerprint density at radius 3 is 2.60 bits per heavy atom. The fraction of sp³-hybridized carbons (Fsp3) is 0.333. The lowest BCUT2D eigenvalue weighted by atomic mass is 9.89. The summed E-state index contributed by atoms with van der Waals surface area (Å²) in [5, 5.41) is 4.20. The Morgan fingerprint density at radius 2 is 1.83 bits per heavy atom. The van der Waals surface area contributed by atoms with E-state index in [4.69, 9.17) is 14.8 Å². The van der Waals surface area contributed by atoms with E-state index in [2.05, 4.69) is 50.0 Å². The molecule has 0 aromatic carbocycles. The normalized spacial score (nSPS) is 11.5. The van der Waals surface area contributed by atoms with Crippen LogP contribution in [0.2, 0.25) is 0 Å². The topological polar surface area (TPSA) is 60.3 Å². The van der Waals surface area contributed by atoms with Gasteiger partial charge in [-0.25, -0.2) is 0 Å². The summed E-state index contributed by atoms with van der Waals surface area (Å²) in [6.07, 6.45) is 2.59. The standard InChI is InChI=1S/C24H29BN4O/c1-5-19-15-21(25)17(3)24(28-19)23-13-7-10-20(27-23)11-8-14-30-29-18(4)22-12-6-9-16(2)26-22/h6-7,9-10,12-13,15H,5,8,11,14,25H2,1-4H3/b29-18+. The van der Waals surface area contributed by atoms with Gasteiger partial charge in [-0.2, -0.15) is 0 Å². The third-order valence-electron chi connectivity index (χ3n) is 5.13. The molecule has 0 saturated heterocycles. The lowest BCUT2D eigenvalue weighted by molar-refractivity contribution is 0.141. The third kappa shape index (κ3) is 5.53. The van der Waals surface area contributed by atoms with Crippen molar-refractivity contribution in [1.82, 2.24) is 15.0 Å². The number of hydrogen-bond donors (Lipinski definition) is 0. The van der Waals surface area contributed by atoms with E-state index in [9.17, 15) is 0 Å². The largest absolute Gasteiger partial charge is 0.396 e. The maximum Gasteiger partial charge on any atom is 0.139 e. The van der Waals surface area contributed by atoms with E-state index in [1.54, 1.807) is 0 Å². The summed E-state index contributed by atoms with van der Waals surface area (Å²) in [5.41, 5.74) is 9.10. The van der Waals surface area contributed by atoms with Gasteiger partial charge in [-0.05, 0) is 75.9 Å². The molecule has 3 aromatic rings. The monoisotopic (exact) mass is 400 g/mol. The van der Waals surface area contributed by atoms with Gasteiger partial charge in [-0.15, -0.1) is 0 Å². The number of hydrogen-bond acceptors (Lipinski definition) is 5. The zero-order chi connectivity index (χ0) is 21.5. The predicted octanol–water partition coefficient (Wildman–Crippen LogP) is 3.35. The van der Waals surface area contributed by atoms with Crippen LogP contribution >= 0.6 is 0 Å². The van der Waals surface area contributed by atoms with Crippen molar-refractivity contribution in [2.24, 2.45) is 5.16 Å². The van der Waals surface area contributed by atoms with Crippen LogP contribution in [-0.2, 0) is 17.7 Å². The van der Waals surface area contributed by atoms with Crippen molar-refractivity contribution in [3.8, 4) is 11.4 Å². The highest BCUT2D eigenvalue weighted by atomic mass is 16.6. The van der Waals surface area contributed by atoms with Crippen LogP contribution in [0.25, 0.3) is 11.4 Å². The first kappa shape index (κ1) is 21.7. The molecule has 0 saturated carbocycles. The Bertz CT molecular complexity index is 1050. The van der Waals surface area contributed by atoms with E-state index >= 15 is 0 Å². The zero-order valence-corrected chi connectivity index (χ0v) is 18.6. The smallest absolute Gasteiger partial charge is 0.139 e. The Kier molecular flexibility index (Phi) is 7.33. The minimum absolute atomic E-state index is 0.538. The summed E-state index contributed by atoms with van der Waals surface area (Å²) in [4.78, 5) is 19.6. The molecule has 3 heterocycles. The molecule has 0 aliphatic carbocycles. The summed E-state index contributed by atoms with van der Waals surface area (Å²) in [7, 11) is 2.13. The lowest BCUT2D eigenvalue weighted by Gasteiger charge is -2.11. The average Bonchev–Trinajstić information content (AvgIpc) is 2.75. The van der Waals surface area contributed by atoms with E-state index in [0.29, 0.717) is 6.61 Å². The van der Waals surface area contributed by atoms with E-state index in [1.165, 1.54) is 11.0 Å². The second-order valence-electron chi connectivity index (χ2n) is 7.55. The second kappa shape index (κ2) is 10.1. The summed E-state index contributed by atoms with van der Waals surface area (Å²) >= 11 is 0. The van der Waals surface area contributed by atoms with Crippen molar-refractivity contribution in [3.05, 3.63) is 70.8 Å². The quantitative estimate of drug-likeness (QED) is 0.252. The molecule has 154 valence electrons. The maximum absolute atomic E-state index is 5.50. The number of nitrogens with zero attached hydrogens (tertiary/aromatic N) is 4. The Balaban J connectivity index is 1.60. The number of aromatic nitrogens is 3. The molecule has 0 N–H and O–H groups in total. The Labute approximate surface area is 180 Å². The first-order chi connectivity index (χ1) is 14.5. The lowest BCUT2D eigenvalue weighted by Crippen LogP contribution is -2.13. The molecule has 0 bridgehead atoms. The summed E-state index contributed by atoms with van der Waals surface area (Å²) in [6.45, 7) is 8.66. The van der Waals surface area contributed by atoms with Crippen LogP contribution < -0.4 is 5.46 Å². The van der Waals surface area contributed by atoms with E-state index < -0.39 is 0 Å². The fourth-order valence-electron chi connectivity index (χ4n) is 3.24. The van der Waals surface area contributed by atoms with E-state index in [0.717, 1.165) is 59.1 Å². The minimum atomic E-state index is 0.538. The van der Waals surface area contributed by atoms with Gasteiger partial charge in [0.25, 0.3) is 0 Å². The van der Waals surface area contributed by atoms with Crippen molar-refractivity contribution >= 4 is 19.0 Å². The van der Waals surface area contributed by atoms with Gasteiger partial charge in [0.2, 0.25) is 0 Å². The predicted molar refractivity (Wildman–Crippen MR) is 125 cm³/mol. The molecule has 3 rings (SSSR count). The molecule has 0 atom stereocenters. The number of aryl methyl sites for hydroxylation is 3. The third-order valence-corrected chi connectivity index (χ3v) is 5.13. The van der Waals surface area contributed by atoms with Crippen LogP contribution in [0.5, 0.6) is 0 Å². The molecule has 0 fully saturated rings. The molecule has 6 heteroatoms. The van der Waals surface area contributed by atoms with Crippen LogP contribution in [0.15, 0.2) is 47.6 Å². The van der Waals surface area contributed by atoms with Gasteiger partial charge in [-0.3, -0.25) is 15.0 Å². The van der Waals surface area contributed by atoms with Crippen molar-refractivity contribution in [2.75, 3.05) is 6.61 Å². The number of pyridine rings is 3. The van der Waals surface area contributed by atoms with Gasteiger partial charge in [-0.1, -0.05) is 29.7 Å². The van der Waals surface area contributed by atoms with Crippen molar-refractivity contribution < 1.29 is 4.84 Å². The average molecular weight is 400 g/mol. The summed E-state index contributed by atoms with van der Waals surface area (Å²) < 4.78 is 0. The van der Waals surface area contributed by atoms with Gasteiger partial charge in [0, 0.05) is 17.1 Å². The van der Waals surface area contributed by atoms with Gasteiger partial charge in [0.1, 0.15) is 20.2 Å². The SMILES string of the molecule is Bc1cc(CC)nc(-c2cccc(CCCO/N=C(\C)c3cccc(C)n3)n2)c1C. The Hall–Kier alpha value is -3.02. The van der Waals surface area contributed by atoms with Crippen molar-refractivity contribution in [2.45, 2.75) is 47.0 Å². The van der Waals surface area contributed by atoms with Crippen LogP contribution in [0.3, 0.4) is 0 Å². The van der Waals surface area contributed by atoms with Crippen LogP contribution in [0.1, 0.15) is 48.6 Å². The highest BCUT2D eigenvalue weighted by molar-refractivity contribution is 6.33. The van der Waals surface area contributed by atoms with Crippen molar-refractivity contribution in [1.29, 1.82) is 0 Å². The molecule has 5 nitrogen and oxygen atoms in total. The van der Waals surface area contributed by atoms with E-state index in [1.807, 2.05) is 38.1 Å². The van der Waals surface area contributed by atoms with Crippen LogP contribution in [0.4, 0.5) is 0 Å². The van der Waals surface area contributed by atoms with Crippen molar-refractivity contribution in [3.63, 3.8) is 0 Å². The number of rotatable bonds is 8. The van der Waals surface area contributed by atoms with Gasteiger partial charge >= 0.3 is 0 Å². The Morgan fingerprint density at radius 1 is 1.03 bits per heavy atom. The van der Waals surface area contributed by atoms with Gasteiger partial charge in [0.15, 0.2) is 0 Å². The fourth-order valence-corrected chi connectivity index (χ4v) is 3.24. The molecule has 0 aliphatic rings. The molecule has 0 radical (unpaired) electrons. The highest BCUT2D eigenvalue weighted by Crippen LogP contribution is 2.19. The van der Waals surface area contributed by atoms with Gasteiger partial charge < -0.3 is 4.84 Å².